The lowest BCUT2D eigenvalue weighted by Gasteiger charge is -2.09. The molecule has 0 unspecified atom stereocenters. The van der Waals surface area contributed by atoms with Crippen molar-refractivity contribution < 1.29 is 61.5 Å². The van der Waals surface area contributed by atoms with E-state index in [0.717, 1.165) is 57.8 Å². The van der Waals surface area contributed by atoms with Gasteiger partial charge in [-0.25, -0.2) is 13.2 Å². The number of aliphatic carboxylic acids is 2. The van der Waals surface area contributed by atoms with E-state index in [0.29, 0.717) is 18.1 Å². The van der Waals surface area contributed by atoms with E-state index in [9.17, 15) is 27.6 Å². The molecule has 0 atom stereocenters. The topological polar surface area (TPSA) is 226 Å². The number of carboxylic acid groups (broad SMARTS) is 2. The van der Waals surface area contributed by atoms with Gasteiger partial charge in [-0.15, -0.1) is 0 Å². The molecule has 16 nitrogen and oxygen atoms in total. The fourth-order valence-corrected chi connectivity index (χ4v) is 6.17. The van der Waals surface area contributed by atoms with Gasteiger partial charge in [-0.2, -0.15) is 0 Å². The van der Waals surface area contributed by atoms with Crippen LogP contribution in [-0.2, 0) is 48.9 Å². The molecular weight excluding hydrogens is 726 g/mol. The summed E-state index contributed by atoms with van der Waals surface area (Å²) in [5.74, 6) is -2.22. The molecular formula is C37H55N3O13S. The number of pyridine rings is 1. The van der Waals surface area contributed by atoms with E-state index in [-0.39, 0.29) is 100 Å². The molecule has 0 saturated heterocycles. The van der Waals surface area contributed by atoms with Gasteiger partial charge in [0.25, 0.3) is 5.91 Å². The Labute approximate surface area is 317 Å². The first kappa shape index (κ1) is 46.0. The first-order valence-corrected chi connectivity index (χ1v) is 19.9. The molecule has 0 aliphatic heterocycles. The summed E-state index contributed by atoms with van der Waals surface area (Å²) < 4.78 is 52.4. The number of benzene rings is 1. The first-order chi connectivity index (χ1) is 26.1. The zero-order valence-corrected chi connectivity index (χ0v) is 31.7. The number of rotatable bonds is 33. The summed E-state index contributed by atoms with van der Waals surface area (Å²) >= 11 is 0. The van der Waals surface area contributed by atoms with Crippen molar-refractivity contribution in [2.75, 3.05) is 72.6 Å². The molecule has 0 spiro atoms. The molecule has 17 heteroatoms. The second-order valence-electron chi connectivity index (χ2n) is 12.3. The summed E-state index contributed by atoms with van der Waals surface area (Å²) in [5.41, 5.74) is 0.573. The van der Waals surface area contributed by atoms with Crippen LogP contribution in [0, 0.1) is 0 Å². The van der Waals surface area contributed by atoms with E-state index in [2.05, 4.69) is 15.6 Å². The Morgan fingerprint density at radius 2 is 1.19 bits per heavy atom. The first-order valence-electron chi connectivity index (χ1n) is 18.3. The smallest absolute Gasteiger partial charge is 0.329 e. The standard InChI is InChI=1S/C37H55N3O13S/c41-34(38-17-20-49-23-25-52-28-36(44)45)27-51-24-22-50-21-18-39-37(46)30-11-12-31(40-26-30)29-54(47,48)33-15-13-32(14-16-33)53-19-9-7-5-3-1-2-4-6-8-10-35(42)43/h11-16,26H,1-10,17-25,27-29H2,(H,38,41)(H,39,46)(H,42,43)(H,44,45). The number of ether oxygens (including phenoxy) is 5. The predicted molar refractivity (Wildman–Crippen MR) is 197 cm³/mol. The van der Waals surface area contributed by atoms with Crippen LogP contribution in [0.3, 0.4) is 0 Å². The second kappa shape index (κ2) is 28.3. The molecule has 4 N–H and O–H groups in total. The number of hydrogen-bond acceptors (Lipinski definition) is 12. The minimum absolute atomic E-state index is 0.145. The molecule has 1 aromatic carbocycles. The largest absolute Gasteiger partial charge is 0.494 e. The van der Waals surface area contributed by atoms with Crippen LogP contribution in [0.2, 0.25) is 0 Å². The Balaban J connectivity index is 1.52. The summed E-state index contributed by atoms with van der Waals surface area (Å²) in [6.07, 6.45) is 10.9. The number of carbonyl (C=O) groups excluding carboxylic acids is 2. The van der Waals surface area contributed by atoms with Gasteiger partial charge in [0.1, 0.15) is 19.0 Å². The molecule has 1 heterocycles. The number of amides is 2. The lowest BCUT2D eigenvalue weighted by Crippen LogP contribution is -2.31. The van der Waals surface area contributed by atoms with Crippen molar-refractivity contribution >= 4 is 33.6 Å². The van der Waals surface area contributed by atoms with Crippen LogP contribution in [0.4, 0.5) is 0 Å². The zero-order valence-electron chi connectivity index (χ0n) is 30.8. The third kappa shape index (κ3) is 22.8. The number of carbonyl (C=O) groups is 4. The summed E-state index contributed by atoms with van der Waals surface area (Å²) in [4.78, 5) is 49.3. The van der Waals surface area contributed by atoms with Crippen LogP contribution in [0.15, 0.2) is 47.5 Å². The van der Waals surface area contributed by atoms with Crippen LogP contribution < -0.4 is 15.4 Å². The van der Waals surface area contributed by atoms with Crippen molar-refractivity contribution in [2.24, 2.45) is 0 Å². The van der Waals surface area contributed by atoms with E-state index in [1.165, 1.54) is 30.5 Å². The van der Waals surface area contributed by atoms with Gasteiger partial charge >= 0.3 is 11.9 Å². The summed E-state index contributed by atoms with van der Waals surface area (Å²) in [6.45, 7) is 1.70. The van der Waals surface area contributed by atoms with E-state index in [1.54, 1.807) is 12.1 Å². The van der Waals surface area contributed by atoms with E-state index < -0.39 is 21.8 Å². The third-order valence-corrected chi connectivity index (χ3v) is 9.38. The maximum atomic E-state index is 13.0. The molecule has 0 aliphatic rings. The van der Waals surface area contributed by atoms with E-state index in [1.807, 2.05) is 0 Å². The summed E-state index contributed by atoms with van der Waals surface area (Å²) in [6, 6.07) is 9.33. The molecule has 2 aromatic rings. The van der Waals surface area contributed by atoms with Crippen molar-refractivity contribution in [2.45, 2.75) is 74.9 Å². The number of nitrogens with one attached hydrogen (secondary N) is 2. The minimum Gasteiger partial charge on any atom is -0.494 e. The van der Waals surface area contributed by atoms with E-state index in [4.69, 9.17) is 33.9 Å². The molecule has 2 amide bonds. The molecule has 0 fully saturated rings. The predicted octanol–water partition coefficient (Wildman–Crippen LogP) is 3.42. The highest BCUT2D eigenvalue weighted by atomic mass is 32.2. The molecule has 0 radical (unpaired) electrons. The quantitative estimate of drug-likeness (QED) is 0.0762. The molecule has 0 aliphatic carbocycles. The van der Waals surface area contributed by atoms with Crippen LogP contribution >= 0.6 is 0 Å². The Kier molecular flexibility index (Phi) is 24.1. The number of nitrogens with zero attached hydrogens (tertiary/aromatic N) is 1. The van der Waals surface area contributed by atoms with Crippen LogP contribution in [0.1, 0.15) is 80.3 Å². The maximum Gasteiger partial charge on any atom is 0.329 e. The SMILES string of the molecule is O=C(O)CCCCCCCCCCCOc1ccc(S(=O)(=O)Cc2ccc(C(=O)NCCOCCOCC(=O)NCCOCCOCC(=O)O)cn2)cc1. The number of carboxylic acids is 2. The highest BCUT2D eigenvalue weighted by Gasteiger charge is 2.17. The monoisotopic (exact) mass is 781 g/mol. The molecule has 0 bridgehead atoms. The number of unbranched alkanes of at least 4 members (excludes halogenated alkanes) is 8. The molecule has 2 rings (SSSR count). The van der Waals surface area contributed by atoms with Crippen molar-refractivity contribution in [3.05, 3.63) is 53.9 Å². The maximum absolute atomic E-state index is 13.0. The van der Waals surface area contributed by atoms with Crippen LogP contribution in [0.25, 0.3) is 0 Å². The van der Waals surface area contributed by atoms with Gasteiger partial charge in [0, 0.05) is 25.7 Å². The van der Waals surface area contributed by atoms with Crippen molar-refractivity contribution in [1.82, 2.24) is 15.6 Å². The molecule has 54 heavy (non-hydrogen) atoms. The third-order valence-electron chi connectivity index (χ3n) is 7.71. The van der Waals surface area contributed by atoms with Gasteiger partial charge in [0.2, 0.25) is 5.91 Å². The summed E-state index contributed by atoms with van der Waals surface area (Å²) in [5, 5.41) is 22.4. The summed E-state index contributed by atoms with van der Waals surface area (Å²) in [7, 11) is -3.67. The lowest BCUT2D eigenvalue weighted by molar-refractivity contribution is -0.143. The Morgan fingerprint density at radius 1 is 0.611 bits per heavy atom. The average Bonchev–Trinajstić information content (AvgIpc) is 3.14. The van der Waals surface area contributed by atoms with Crippen molar-refractivity contribution in [3.63, 3.8) is 0 Å². The van der Waals surface area contributed by atoms with Gasteiger partial charge in [-0.3, -0.25) is 19.4 Å². The average molecular weight is 782 g/mol. The highest BCUT2D eigenvalue weighted by molar-refractivity contribution is 7.90. The van der Waals surface area contributed by atoms with Crippen LogP contribution in [-0.4, -0.2) is 120 Å². The van der Waals surface area contributed by atoms with Gasteiger partial charge in [0.05, 0.1) is 68.2 Å². The Hall–Kier alpha value is -4.16. The molecule has 1 aromatic heterocycles. The lowest BCUT2D eigenvalue weighted by atomic mass is 10.1. The van der Waals surface area contributed by atoms with Gasteiger partial charge < -0.3 is 44.5 Å². The van der Waals surface area contributed by atoms with Gasteiger partial charge in [-0.05, 0) is 49.2 Å². The van der Waals surface area contributed by atoms with Gasteiger partial charge in [0.15, 0.2) is 9.84 Å². The Bertz CT molecular complexity index is 1470. The normalized spacial score (nSPS) is 11.3. The van der Waals surface area contributed by atoms with Gasteiger partial charge in [-0.1, -0.05) is 44.9 Å². The fraction of sp³-hybridized carbons (Fsp3) is 0.595. The molecule has 0 saturated carbocycles. The minimum atomic E-state index is -3.67. The van der Waals surface area contributed by atoms with E-state index >= 15 is 0 Å². The number of sulfone groups is 1. The van der Waals surface area contributed by atoms with Crippen LogP contribution in [0.5, 0.6) is 5.75 Å². The second-order valence-corrected chi connectivity index (χ2v) is 14.3. The Morgan fingerprint density at radius 3 is 1.78 bits per heavy atom. The number of hydrogen-bond donors (Lipinski definition) is 4. The molecule has 302 valence electrons. The van der Waals surface area contributed by atoms with Crippen molar-refractivity contribution in [3.8, 4) is 5.75 Å². The highest BCUT2D eigenvalue weighted by Crippen LogP contribution is 2.20. The fourth-order valence-electron chi connectivity index (χ4n) is 4.89. The zero-order chi connectivity index (χ0) is 39.3. The number of aromatic nitrogens is 1. The van der Waals surface area contributed by atoms with Crippen molar-refractivity contribution in [1.29, 1.82) is 0 Å².